The number of amides is 1. The molecule has 19 heavy (non-hydrogen) atoms. The van der Waals surface area contributed by atoms with Gasteiger partial charge in [0.1, 0.15) is 5.82 Å². The summed E-state index contributed by atoms with van der Waals surface area (Å²) < 4.78 is 18.8. The zero-order valence-electron chi connectivity index (χ0n) is 10.7. The fourth-order valence-electron chi connectivity index (χ4n) is 2.67. The van der Waals surface area contributed by atoms with Crippen LogP contribution in [0.4, 0.5) is 10.1 Å². The number of nitrogens with one attached hydrogen (secondary N) is 1. The first-order valence-corrected chi connectivity index (χ1v) is 6.65. The maximum atomic E-state index is 13.3. The molecule has 3 rings (SSSR count). The Kier molecular flexibility index (Phi) is 3.48. The fraction of sp³-hybridized carbons (Fsp3) is 0.500. The second-order valence-electron chi connectivity index (χ2n) is 4.97. The van der Waals surface area contributed by atoms with Crippen molar-refractivity contribution in [3.8, 4) is 0 Å². The van der Waals surface area contributed by atoms with Gasteiger partial charge in [-0.3, -0.25) is 4.79 Å². The predicted octanol–water partition coefficient (Wildman–Crippen LogP) is 1.09. The van der Waals surface area contributed by atoms with E-state index >= 15 is 0 Å². The van der Waals surface area contributed by atoms with Gasteiger partial charge >= 0.3 is 0 Å². The van der Waals surface area contributed by atoms with E-state index in [1.54, 1.807) is 11.0 Å². The average Bonchev–Trinajstić information content (AvgIpc) is 2.82. The highest BCUT2D eigenvalue weighted by Gasteiger charge is 2.27. The highest BCUT2D eigenvalue weighted by molar-refractivity contribution is 5.95. The summed E-state index contributed by atoms with van der Waals surface area (Å²) in [4.78, 5) is 14.0. The topological polar surface area (TPSA) is 41.6 Å². The van der Waals surface area contributed by atoms with Gasteiger partial charge in [0.2, 0.25) is 5.91 Å². The van der Waals surface area contributed by atoms with Gasteiger partial charge in [0.25, 0.3) is 0 Å². The number of ether oxygens (including phenoxy) is 1. The van der Waals surface area contributed by atoms with Crippen molar-refractivity contribution in [2.75, 3.05) is 31.1 Å². The number of fused-ring (bicyclic) bond motifs is 1. The zero-order chi connectivity index (χ0) is 13.2. The summed E-state index contributed by atoms with van der Waals surface area (Å²) in [5.41, 5.74) is 1.76. The Labute approximate surface area is 111 Å². The Morgan fingerprint density at radius 1 is 1.53 bits per heavy atom. The average molecular weight is 264 g/mol. The Hall–Kier alpha value is -1.46. The molecule has 0 saturated carbocycles. The SMILES string of the molecule is O=C(CC1CNCCO1)N1CCc2ccc(F)cc21. The number of rotatable bonds is 2. The molecule has 2 heterocycles. The van der Waals surface area contributed by atoms with Gasteiger partial charge in [0, 0.05) is 25.3 Å². The van der Waals surface area contributed by atoms with Crippen LogP contribution in [0.5, 0.6) is 0 Å². The summed E-state index contributed by atoms with van der Waals surface area (Å²) in [5, 5.41) is 3.20. The van der Waals surface area contributed by atoms with Crippen molar-refractivity contribution in [1.29, 1.82) is 0 Å². The number of morpholine rings is 1. The molecule has 1 atom stereocenters. The Bertz CT molecular complexity index is 486. The first kappa shape index (κ1) is 12.6. The van der Waals surface area contributed by atoms with Crippen molar-refractivity contribution in [3.05, 3.63) is 29.6 Å². The lowest BCUT2D eigenvalue weighted by atomic mass is 10.1. The largest absolute Gasteiger partial charge is 0.375 e. The van der Waals surface area contributed by atoms with Crippen molar-refractivity contribution < 1.29 is 13.9 Å². The van der Waals surface area contributed by atoms with Crippen molar-refractivity contribution in [2.24, 2.45) is 0 Å². The first-order chi connectivity index (χ1) is 9.24. The molecule has 1 aromatic rings. The number of carbonyl (C=O) groups excluding carboxylic acids is 1. The zero-order valence-corrected chi connectivity index (χ0v) is 10.7. The van der Waals surface area contributed by atoms with Gasteiger partial charge in [0.15, 0.2) is 0 Å². The number of halogens is 1. The van der Waals surface area contributed by atoms with E-state index in [2.05, 4.69) is 5.32 Å². The van der Waals surface area contributed by atoms with Crippen molar-refractivity contribution in [2.45, 2.75) is 18.9 Å². The molecule has 102 valence electrons. The lowest BCUT2D eigenvalue weighted by Gasteiger charge is -2.25. The van der Waals surface area contributed by atoms with Crippen LogP contribution in [0.1, 0.15) is 12.0 Å². The van der Waals surface area contributed by atoms with Gasteiger partial charge in [-0.2, -0.15) is 0 Å². The van der Waals surface area contributed by atoms with E-state index in [4.69, 9.17) is 4.74 Å². The number of hydrogen-bond acceptors (Lipinski definition) is 3. The second kappa shape index (κ2) is 5.27. The summed E-state index contributed by atoms with van der Waals surface area (Å²) in [6.07, 6.45) is 1.08. The standard InChI is InChI=1S/C14H17FN2O2/c15-11-2-1-10-3-5-17(13(10)7-11)14(18)8-12-9-16-4-6-19-12/h1-2,7,12,16H,3-6,8-9H2. The Morgan fingerprint density at radius 2 is 2.42 bits per heavy atom. The maximum Gasteiger partial charge on any atom is 0.229 e. The summed E-state index contributed by atoms with van der Waals surface area (Å²) in [6.45, 7) is 2.82. The van der Waals surface area contributed by atoms with Gasteiger partial charge in [0.05, 0.1) is 19.1 Å². The second-order valence-corrected chi connectivity index (χ2v) is 4.97. The molecule has 2 aliphatic rings. The molecule has 0 aromatic heterocycles. The summed E-state index contributed by atoms with van der Waals surface area (Å²) in [7, 11) is 0. The van der Waals surface area contributed by atoms with E-state index in [1.165, 1.54) is 12.1 Å². The minimum atomic E-state index is -0.297. The van der Waals surface area contributed by atoms with E-state index in [1.807, 2.05) is 0 Å². The molecule has 1 aromatic carbocycles. The monoisotopic (exact) mass is 264 g/mol. The van der Waals surface area contributed by atoms with Crippen LogP contribution in [0.25, 0.3) is 0 Å². The van der Waals surface area contributed by atoms with Crippen LogP contribution in [0.2, 0.25) is 0 Å². The van der Waals surface area contributed by atoms with E-state index in [9.17, 15) is 9.18 Å². The fourth-order valence-corrected chi connectivity index (χ4v) is 2.67. The van der Waals surface area contributed by atoms with Gasteiger partial charge in [-0.25, -0.2) is 4.39 Å². The van der Waals surface area contributed by atoms with E-state index < -0.39 is 0 Å². The van der Waals surface area contributed by atoms with Gasteiger partial charge in [-0.15, -0.1) is 0 Å². The normalized spacial score (nSPS) is 22.4. The molecule has 5 heteroatoms. The molecular weight excluding hydrogens is 247 g/mol. The molecule has 1 saturated heterocycles. The minimum absolute atomic E-state index is 0.0121. The van der Waals surface area contributed by atoms with Crippen LogP contribution in [0, 0.1) is 5.82 Å². The van der Waals surface area contributed by atoms with E-state index in [0.29, 0.717) is 31.8 Å². The third kappa shape index (κ3) is 2.62. The Balaban J connectivity index is 1.70. The van der Waals surface area contributed by atoms with Crippen molar-refractivity contribution in [3.63, 3.8) is 0 Å². The smallest absolute Gasteiger partial charge is 0.229 e. The predicted molar refractivity (Wildman–Crippen MR) is 69.7 cm³/mol. The van der Waals surface area contributed by atoms with Crippen molar-refractivity contribution >= 4 is 11.6 Å². The third-order valence-electron chi connectivity index (χ3n) is 3.65. The van der Waals surface area contributed by atoms with Crippen LogP contribution in [0.3, 0.4) is 0 Å². The molecule has 1 unspecified atom stereocenters. The van der Waals surface area contributed by atoms with Crippen LogP contribution >= 0.6 is 0 Å². The number of benzene rings is 1. The molecule has 0 aliphatic carbocycles. The summed E-state index contributed by atoms with van der Waals surface area (Å²) >= 11 is 0. The first-order valence-electron chi connectivity index (χ1n) is 6.65. The number of hydrogen-bond donors (Lipinski definition) is 1. The van der Waals surface area contributed by atoms with Gasteiger partial charge in [-0.1, -0.05) is 6.07 Å². The highest BCUT2D eigenvalue weighted by atomic mass is 19.1. The van der Waals surface area contributed by atoms with Crippen LogP contribution in [-0.4, -0.2) is 38.3 Å². The van der Waals surface area contributed by atoms with E-state index in [0.717, 1.165) is 18.5 Å². The number of nitrogens with zero attached hydrogens (tertiary/aromatic N) is 1. The van der Waals surface area contributed by atoms with Crippen LogP contribution in [-0.2, 0) is 16.0 Å². The van der Waals surface area contributed by atoms with Crippen LogP contribution in [0.15, 0.2) is 18.2 Å². The molecule has 0 spiro atoms. The minimum Gasteiger partial charge on any atom is -0.375 e. The molecule has 1 N–H and O–H groups in total. The van der Waals surface area contributed by atoms with Crippen molar-refractivity contribution in [1.82, 2.24) is 5.32 Å². The molecule has 0 bridgehead atoms. The molecule has 1 fully saturated rings. The number of carbonyl (C=O) groups is 1. The lowest BCUT2D eigenvalue weighted by Crippen LogP contribution is -2.42. The molecule has 2 aliphatic heterocycles. The summed E-state index contributed by atoms with van der Waals surface area (Å²) in [5.74, 6) is -0.285. The molecule has 4 nitrogen and oxygen atoms in total. The third-order valence-corrected chi connectivity index (χ3v) is 3.65. The van der Waals surface area contributed by atoms with E-state index in [-0.39, 0.29) is 17.8 Å². The van der Waals surface area contributed by atoms with Gasteiger partial charge < -0.3 is 15.0 Å². The van der Waals surface area contributed by atoms with Crippen LogP contribution < -0.4 is 10.2 Å². The molecule has 0 radical (unpaired) electrons. The van der Waals surface area contributed by atoms with Gasteiger partial charge in [-0.05, 0) is 24.1 Å². The molecular formula is C14H17FN2O2. The quantitative estimate of drug-likeness (QED) is 0.869. The maximum absolute atomic E-state index is 13.3. The highest BCUT2D eigenvalue weighted by Crippen LogP contribution is 2.29. The molecule has 1 amide bonds. The number of anilines is 1. The summed E-state index contributed by atoms with van der Waals surface area (Å²) in [6, 6.07) is 4.65. The Morgan fingerprint density at radius 3 is 3.21 bits per heavy atom. The lowest BCUT2D eigenvalue weighted by molar-refractivity contribution is -0.121.